The van der Waals surface area contributed by atoms with Gasteiger partial charge in [0.1, 0.15) is 11.5 Å². The number of aliphatic imine (C=N–C) groups is 1. The molecular weight excluding hydrogens is 505 g/mol. The van der Waals surface area contributed by atoms with Gasteiger partial charge in [0.2, 0.25) is 0 Å². The number of hydrogen-bond donors (Lipinski definition) is 2. The lowest BCUT2D eigenvalue weighted by molar-refractivity contribution is 0.251. The van der Waals surface area contributed by atoms with Crippen molar-refractivity contribution in [3.63, 3.8) is 0 Å². The highest BCUT2D eigenvalue weighted by atomic mass is 127. The van der Waals surface area contributed by atoms with Gasteiger partial charge in [0.05, 0.1) is 25.4 Å². The van der Waals surface area contributed by atoms with Gasteiger partial charge in [-0.25, -0.2) is 0 Å². The summed E-state index contributed by atoms with van der Waals surface area (Å²) >= 11 is 0. The smallest absolute Gasteiger partial charge is 0.191 e. The molecule has 2 aromatic rings. The van der Waals surface area contributed by atoms with Crippen LogP contribution in [0.25, 0.3) is 0 Å². The van der Waals surface area contributed by atoms with Gasteiger partial charge in [-0.1, -0.05) is 17.3 Å². The maximum atomic E-state index is 5.32. The minimum atomic E-state index is 0. The summed E-state index contributed by atoms with van der Waals surface area (Å²) in [7, 11) is 1.70. The van der Waals surface area contributed by atoms with Gasteiger partial charge in [0, 0.05) is 18.7 Å². The van der Waals surface area contributed by atoms with Crippen LogP contribution in [0.4, 0.5) is 0 Å². The molecule has 3 rings (SSSR count). The summed E-state index contributed by atoms with van der Waals surface area (Å²) in [6, 6.07) is 8.67. The first kappa shape index (κ1) is 25.5. The number of methoxy groups -OCH3 is 1. The van der Waals surface area contributed by atoms with Crippen molar-refractivity contribution in [3.8, 4) is 5.75 Å². The Morgan fingerprint density at radius 1 is 1.19 bits per heavy atom. The largest absolute Gasteiger partial charge is 0.497 e. The Hall–Kier alpha value is -1.81. The third-order valence-corrected chi connectivity index (χ3v) is 5.70. The van der Waals surface area contributed by atoms with Crippen LogP contribution in [0.2, 0.25) is 0 Å². The quantitative estimate of drug-likeness (QED) is 0.286. The van der Waals surface area contributed by atoms with Gasteiger partial charge in [0.25, 0.3) is 0 Å². The normalized spacial score (nSPS) is 15.4. The van der Waals surface area contributed by atoms with Crippen LogP contribution in [-0.2, 0) is 6.42 Å². The van der Waals surface area contributed by atoms with E-state index in [9.17, 15) is 0 Å². The Labute approximate surface area is 203 Å². The number of aromatic nitrogens is 1. The first-order valence-electron chi connectivity index (χ1n) is 10.9. The minimum Gasteiger partial charge on any atom is -0.497 e. The Morgan fingerprint density at radius 2 is 1.90 bits per heavy atom. The molecule has 0 aliphatic carbocycles. The van der Waals surface area contributed by atoms with Crippen molar-refractivity contribution in [2.45, 2.75) is 46.1 Å². The lowest BCUT2D eigenvalue weighted by Crippen LogP contribution is -2.39. The number of benzene rings is 1. The predicted molar refractivity (Wildman–Crippen MR) is 136 cm³/mol. The summed E-state index contributed by atoms with van der Waals surface area (Å²) in [6.07, 6.45) is 3.37. The molecule has 0 amide bonds. The molecule has 2 N–H and O–H groups in total. The number of nitrogens with zero attached hydrogens (tertiary/aromatic N) is 3. The molecule has 7 nitrogen and oxygen atoms in total. The summed E-state index contributed by atoms with van der Waals surface area (Å²) in [5.41, 5.74) is 3.42. The molecule has 8 heteroatoms. The van der Waals surface area contributed by atoms with Crippen molar-refractivity contribution in [2.24, 2.45) is 4.99 Å². The molecule has 1 fully saturated rings. The Morgan fingerprint density at radius 3 is 2.48 bits per heavy atom. The topological polar surface area (TPSA) is 74.9 Å². The van der Waals surface area contributed by atoms with Crippen LogP contribution in [0, 0.1) is 13.8 Å². The molecule has 1 aromatic heterocycles. The monoisotopic (exact) mass is 541 g/mol. The second-order valence-electron chi connectivity index (χ2n) is 7.73. The van der Waals surface area contributed by atoms with Gasteiger partial charge < -0.3 is 19.9 Å². The van der Waals surface area contributed by atoms with Crippen LogP contribution in [0.3, 0.4) is 0 Å². The fourth-order valence-corrected chi connectivity index (χ4v) is 4.00. The molecule has 31 heavy (non-hydrogen) atoms. The molecule has 1 aliphatic heterocycles. The molecular formula is C23H36IN5O2. The average Bonchev–Trinajstić information content (AvgIpc) is 3.40. The minimum absolute atomic E-state index is 0. The van der Waals surface area contributed by atoms with Gasteiger partial charge in [-0.15, -0.1) is 24.0 Å². The average molecular weight is 541 g/mol. The summed E-state index contributed by atoms with van der Waals surface area (Å²) in [5.74, 6) is 2.63. The highest BCUT2D eigenvalue weighted by molar-refractivity contribution is 14.0. The van der Waals surface area contributed by atoms with Gasteiger partial charge in [-0.05, 0) is 70.8 Å². The predicted octanol–water partition coefficient (Wildman–Crippen LogP) is 3.85. The van der Waals surface area contributed by atoms with E-state index >= 15 is 0 Å². The molecule has 172 valence electrons. The Kier molecular flexibility index (Phi) is 10.6. The lowest BCUT2D eigenvalue weighted by atomic mass is 10.1. The van der Waals surface area contributed by atoms with Crippen LogP contribution in [0.5, 0.6) is 5.75 Å². The zero-order valence-corrected chi connectivity index (χ0v) is 21.4. The number of nitrogens with one attached hydrogen (secondary N) is 2. The zero-order valence-electron chi connectivity index (χ0n) is 19.1. The van der Waals surface area contributed by atoms with E-state index in [4.69, 9.17) is 14.3 Å². The zero-order chi connectivity index (χ0) is 21.3. The van der Waals surface area contributed by atoms with E-state index in [1.54, 1.807) is 7.11 Å². The van der Waals surface area contributed by atoms with E-state index in [1.165, 1.54) is 24.0 Å². The van der Waals surface area contributed by atoms with Crippen molar-refractivity contribution in [2.75, 3.05) is 39.8 Å². The molecule has 0 spiro atoms. The first-order valence-corrected chi connectivity index (χ1v) is 10.9. The first-order chi connectivity index (χ1) is 14.6. The van der Waals surface area contributed by atoms with Crippen molar-refractivity contribution in [3.05, 3.63) is 46.8 Å². The van der Waals surface area contributed by atoms with Crippen molar-refractivity contribution < 1.29 is 9.26 Å². The fraction of sp³-hybridized carbons (Fsp3) is 0.565. The van der Waals surface area contributed by atoms with E-state index < -0.39 is 0 Å². The van der Waals surface area contributed by atoms with E-state index in [0.29, 0.717) is 6.54 Å². The number of halogens is 1. The van der Waals surface area contributed by atoms with Gasteiger partial charge in [-0.2, -0.15) is 0 Å². The van der Waals surface area contributed by atoms with Gasteiger partial charge in [-0.3, -0.25) is 9.89 Å². The van der Waals surface area contributed by atoms with Crippen LogP contribution >= 0.6 is 24.0 Å². The third-order valence-electron chi connectivity index (χ3n) is 5.70. The summed E-state index contributed by atoms with van der Waals surface area (Å²) in [5, 5.41) is 10.9. The van der Waals surface area contributed by atoms with E-state index in [-0.39, 0.29) is 30.0 Å². The van der Waals surface area contributed by atoms with Crippen molar-refractivity contribution in [1.29, 1.82) is 0 Å². The lowest BCUT2D eigenvalue weighted by Gasteiger charge is -2.27. The molecule has 1 aromatic carbocycles. The summed E-state index contributed by atoms with van der Waals surface area (Å²) in [4.78, 5) is 7.46. The van der Waals surface area contributed by atoms with E-state index in [2.05, 4.69) is 39.7 Å². The second kappa shape index (κ2) is 12.9. The number of aryl methyl sites for hydroxylation is 2. The van der Waals surface area contributed by atoms with E-state index in [0.717, 1.165) is 55.8 Å². The van der Waals surface area contributed by atoms with Crippen LogP contribution < -0.4 is 15.4 Å². The summed E-state index contributed by atoms with van der Waals surface area (Å²) < 4.78 is 10.6. The number of guanidine groups is 1. The van der Waals surface area contributed by atoms with Gasteiger partial charge >= 0.3 is 0 Å². The molecule has 1 aliphatic rings. The highest BCUT2D eigenvalue weighted by Gasteiger charge is 2.23. The maximum absolute atomic E-state index is 5.32. The fourth-order valence-electron chi connectivity index (χ4n) is 4.00. The van der Waals surface area contributed by atoms with E-state index in [1.807, 2.05) is 26.0 Å². The maximum Gasteiger partial charge on any atom is 0.191 e. The van der Waals surface area contributed by atoms with Crippen LogP contribution in [0.15, 0.2) is 33.8 Å². The molecule has 2 heterocycles. The Balaban J connectivity index is 0.00000341. The molecule has 1 unspecified atom stereocenters. The molecule has 1 atom stereocenters. The second-order valence-corrected chi connectivity index (χ2v) is 7.73. The Bertz CT molecular complexity index is 796. The van der Waals surface area contributed by atoms with Crippen LogP contribution in [0.1, 0.15) is 48.4 Å². The molecule has 0 bridgehead atoms. The van der Waals surface area contributed by atoms with Crippen molar-refractivity contribution in [1.82, 2.24) is 20.7 Å². The third kappa shape index (κ3) is 7.10. The molecule has 0 saturated carbocycles. The molecule has 0 radical (unpaired) electrons. The number of ether oxygens (including phenoxy) is 1. The van der Waals surface area contributed by atoms with Crippen molar-refractivity contribution >= 4 is 29.9 Å². The highest BCUT2D eigenvalue weighted by Crippen LogP contribution is 2.27. The number of likely N-dealkylation sites (tertiary alicyclic amines) is 1. The number of hydrogen-bond acceptors (Lipinski definition) is 5. The number of rotatable bonds is 9. The summed E-state index contributed by atoms with van der Waals surface area (Å²) in [6.45, 7) is 10.6. The van der Waals surface area contributed by atoms with Crippen LogP contribution in [-0.4, -0.2) is 55.8 Å². The standard InChI is InChI=1S/C23H35N5O2.HI/c1-5-24-23(25-13-12-21-17(2)27-30-18(21)3)26-16-22(28-14-6-7-15-28)19-8-10-20(29-4)11-9-19;/h8-11,22H,5-7,12-16H2,1-4H3,(H2,24,25,26);1H. The molecule has 1 saturated heterocycles. The van der Waals surface area contributed by atoms with Gasteiger partial charge in [0.15, 0.2) is 5.96 Å². The SMILES string of the molecule is CCNC(=NCC(c1ccc(OC)cc1)N1CCCC1)NCCc1c(C)noc1C.I.